The Morgan fingerprint density at radius 2 is 1.71 bits per heavy atom. The fourth-order valence-electron chi connectivity index (χ4n) is 2.45. The molecule has 7 heteroatoms. The quantitative estimate of drug-likeness (QED) is 0.427. The van der Waals surface area contributed by atoms with Gasteiger partial charge in [0.25, 0.3) is 0 Å². The van der Waals surface area contributed by atoms with Crippen molar-refractivity contribution in [1.82, 2.24) is 5.32 Å². The predicted molar refractivity (Wildman–Crippen MR) is 96.4 cm³/mol. The number of urea groups is 1. The fraction of sp³-hybridized carbons (Fsp3) is 0.588. The lowest BCUT2D eigenvalue weighted by atomic mass is 10.1. The van der Waals surface area contributed by atoms with Crippen LogP contribution < -0.4 is 10.6 Å². The van der Waals surface area contributed by atoms with Crippen molar-refractivity contribution in [3.05, 3.63) is 16.0 Å². The number of carbonyl (C=O) groups is 3. The predicted octanol–water partition coefficient (Wildman–Crippen LogP) is 4.44. The largest absolute Gasteiger partial charge is 0.478 e. The van der Waals surface area contributed by atoms with Gasteiger partial charge in [-0.2, -0.15) is 0 Å². The average molecular weight is 354 g/mol. The summed E-state index contributed by atoms with van der Waals surface area (Å²) >= 11 is 1.00. The van der Waals surface area contributed by atoms with Crippen LogP contribution >= 0.6 is 11.3 Å². The zero-order valence-corrected chi connectivity index (χ0v) is 15.3. The van der Waals surface area contributed by atoms with E-state index in [9.17, 15) is 19.5 Å². The number of hydrogen-bond acceptors (Lipinski definition) is 4. The second-order valence-corrected chi connectivity index (χ2v) is 6.79. The molecule has 0 radical (unpaired) electrons. The van der Waals surface area contributed by atoms with E-state index in [-0.39, 0.29) is 16.3 Å². The van der Waals surface area contributed by atoms with Gasteiger partial charge < -0.3 is 10.4 Å². The Bertz CT molecular complexity index is 596. The van der Waals surface area contributed by atoms with Crippen molar-refractivity contribution in [2.75, 3.05) is 11.9 Å². The van der Waals surface area contributed by atoms with E-state index in [1.165, 1.54) is 26.2 Å². The number of hydrogen-bond donors (Lipinski definition) is 3. The van der Waals surface area contributed by atoms with Crippen molar-refractivity contribution in [3.63, 3.8) is 0 Å². The number of rotatable bonds is 10. The molecule has 0 aromatic carbocycles. The van der Waals surface area contributed by atoms with E-state index < -0.39 is 12.0 Å². The molecule has 0 bridgehead atoms. The van der Waals surface area contributed by atoms with Crippen LogP contribution in [0.3, 0.4) is 0 Å². The molecule has 0 aliphatic heterocycles. The molecule has 0 aliphatic carbocycles. The molecule has 3 N–H and O–H groups in total. The maximum atomic E-state index is 11.9. The number of carboxylic acid groups (broad SMARTS) is 1. The smallest absolute Gasteiger partial charge is 0.339 e. The molecule has 1 aromatic heterocycles. The number of Topliss-reactive ketones (excluding diaryl/α,β-unsaturated/α-hetero) is 1. The lowest BCUT2D eigenvalue weighted by Gasteiger charge is -2.07. The Balaban J connectivity index is 2.53. The highest BCUT2D eigenvalue weighted by molar-refractivity contribution is 7.18. The van der Waals surface area contributed by atoms with Gasteiger partial charge in [-0.15, -0.1) is 11.3 Å². The molecule has 1 aromatic rings. The molecular formula is C17H26N2O4S. The van der Waals surface area contributed by atoms with Gasteiger partial charge in [-0.3, -0.25) is 10.1 Å². The number of anilines is 1. The van der Waals surface area contributed by atoms with Crippen LogP contribution in [0.4, 0.5) is 9.80 Å². The van der Waals surface area contributed by atoms with Crippen molar-refractivity contribution in [1.29, 1.82) is 0 Å². The SMILES string of the molecule is CCCCCCCCNC(=O)Nc1sc(C(C)=O)c(C)c1C(=O)O. The molecule has 2 amide bonds. The molecule has 0 saturated heterocycles. The third kappa shape index (κ3) is 5.96. The zero-order valence-electron chi connectivity index (χ0n) is 14.5. The molecule has 6 nitrogen and oxygen atoms in total. The number of amides is 2. The second-order valence-electron chi connectivity index (χ2n) is 5.77. The summed E-state index contributed by atoms with van der Waals surface area (Å²) in [6.07, 6.45) is 6.77. The first kappa shape index (κ1) is 20.2. The Morgan fingerprint density at radius 1 is 1.08 bits per heavy atom. The summed E-state index contributed by atoms with van der Waals surface area (Å²) < 4.78 is 0. The maximum absolute atomic E-state index is 11.9. The zero-order chi connectivity index (χ0) is 18.1. The number of aromatic carboxylic acids is 1. The number of carbonyl (C=O) groups excluding carboxylic acids is 2. The second kappa shape index (κ2) is 10.1. The molecule has 0 saturated carbocycles. The first-order chi connectivity index (χ1) is 11.4. The van der Waals surface area contributed by atoms with Gasteiger partial charge in [0.05, 0.1) is 10.4 Å². The van der Waals surface area contributed by atoms with Gasteiger partial charge in [-0.05, 0) is 25.8 Å². The Morgan fingerprint density at radius 3 is 2.29 bits per heavy atom. The van der Waals surface area contributed by atoms with E-state index in [1.807, 2.05) is 0 Å². The minimum absolute atomic E-state index is 0.0140. The molecular weight excluding hydrogens is 328 g/mol. The van der Waals surface area contributed by atoms with E-state index in [0.717, 1.165) is 30.6 Å². The summed E-state index contributed by atoms with van der Waals surface area (Å²) in [4.78, 5) is 35.2. The summed E-state index contributed by atoms with van der Waals surface area (Å²) in [5, 5.41) is 14.8. The molecule has 0 fully saturated rings. The van der Waals surface area contributed by atoms with Crippen molar-refractivity contribution < 1.29 is 19.5 Å². The van der Waals surface area contributed by atoms with Gasteiger partial charge in [0.2, 0.25) is 0 Å². The van der Waals surface area contributed by atoms with Crippen molar-refractivity contribution >= 4 is 34.1 Å². The Labute approximate surface area is 146 Å². The number of ketones is 1. The first-order valence-electron chi connectivity index (χ1n) is 8.30. The van der Waals surface area contributed by atoms with Crippen LogP contribution in [0.25, 0.3) is 0 Å². The minimum atomic E-state index is -1.15. The maximum Gasteiger partial charge on any atom is 0.339 e. The molecule has 0 spiro atoms. The highest BCUT2D eigenvalue weighted by Crippen LogP contribution is 2.33. The summed E-state index contributed by atoms with van der Waals surface area (Å²) in [5.41, 5.74) is 0.381. The third-order valence-corrected chi connectivity index (χ3v) is 5.03. The van der Waals surface area contributed by atoms with Gasteiger partial charge in [-0.25, -0.2) is 9.59 Å². The third-order valence-electron chi connectivity index (χ3n) is 3.72. The monoisotopic (exact) mass is 354 g/mol. The summed E-state index contributed by atoms with van der Waals surface area (Å²) in [6, 6.07) is -0.442. The number of unbranched alkanes of at least 4 members (excludes halogenated alkanes) is 5. The lowest BCUT2D eigenvalue weighted by molar-refractivity contribution is 0.0697. The molecule has 24 heavy (non-hydrogen) atoms. The van der Waals surface area contributed by atoms with E-state index in [2.05, 4.69) is 17.6 Å². The molecule has 0 atom stereocenters. The fourth-order valence-corrected chi connectivity index (χ4v) is 3.54. The van der Waals surface area contributed by atoms with E-state index in [0.29, 0.717) is 17.0 Å². The summed E-state index contributed by atoms with van der Waals surface area (Å²) in [5.74, 6) is -1.36. The van der Waals surface area contributed by atoms with E-state index >= 15 is 0 Å². The van der Waals surface area contributed by atoms with Gasteiger partial charge in [0.15, 0.2) is 5.78 Å². The highest BCUT2D eigenvalue weighted by Gasteiger charge is 2.23. The van der Waals surface area contributed by atoms with Crippen molar-refractivity contribution in [2.24, 2.45) is 0 Å². The van der Waals surface area contributed by atoms with Crippen LogP contribution in [0.5, 0.6) is 0 Å². The Kier molecular flexibility index (Phi) is 8.46. The number of carboxylic acids is 1. The van der Waals surface area contributed by atoms with Gasteiger partial charge in [-0.1, -0.05) is 39.0 Å². The number of nitrogens with one attached hydrogen (secondary N) is 2. The van der Waals surface area contributed by atoms with E-state index in [1.54, 1.807) is 6.92 Å². The van der Waals surface area contributed by atoms with Crippen LogP contribution in [-0.2, 0) is 0 Å². The van der Waals surface area contributed by atoms with Crippen LogP contribution in [-0.4, -0.2) is 29.4 Å². The van der Waals surface area contributed by atoms with Crippen LogP contribution in [0.1, 0.15) is 78.0 Å². The molecule has 1 heterocycles. The molecule has 134 valence electrons. The molecule has 0 aliphatic rings. The van der Waals surface area contributed by atoms with Crippen LogP contribution in [0.2, 0.25) is 0 Å². The van der Waals surface area contributed by atoms with Crippen LogP contribution in [0.15, 0.2) is 0 Å². The van der Waals surface area contributed by atoms with Gasteiger partial charge >= 0.3 is 12.0 Å². The highest BCUT2D eigenvalue weighted by atomic mass is 32.1. The van der Waals surface area contributed by atoms with E-state index in [4.69, 9.17) is 0 Å². The summed E-state index contributed by atoms with van der Waals surface area (Å²) in [7, 11) is 0. The number of thiophene rings is 1. The topological polar surface area (TPSA) is 95.5 Å². The van der Waals surface area contributed by atoms with Gasteiger partial charge in [0.1, 0.15) is 5.00 Å². The normalized spacial score (nSPS) is 10.5. The minimum Gasteiger partial charge on any atom is -0.478 e. The Hall–Kier alpha value is -1.89. The lowest BCUT2D eigenvalue weighted by Crippen LogP contribution is -2.29. The van der Waals surface area contributed by atoms with Crippen molar-refractivity contribution in [2.45, 2.75) is 59.3 Å². The van der Waals surface area contributed by atoms with Crippen LogP contribution in [0, 0.1) is 6.92 Å². The molecule has 1 rings (SSSR count). The standard InChI is InChI=1S/C17H26N2O4S/c1-4-5-6-7-8-9-10-18-17(23)19-15-13(16(21)22)11(2)14(24-15)12(3)20/h4-10H2,1-3H3,(H,21,22)(H2,18,19,23). The summed E-state index contributed by atoms with van der Waals surface area (Å²) in [6.45, 7) is 5.67. The van der Waals surface area contributed by atoms with Gasteiger partial charge in [0, 0.05) is 6.54 Å². The first-order valence-corrected chi connectivity index (χ1v) is 9.12. The molecule has 0 unspecified atom stereocenters. The van der Waals surface area contributed by atoms with Crippen molar-refractivity contribution in [3.8, 4) is 0 Å². The average Bonchev–Trinajstić information content (AvgIpc) is 2.83.